The fourth-order valence-corrected chi connectivity index (χ4v) is 3.71. The second-order valence-corrected chi connectivity index (χ2v) is 8.76. The number of carbonyl (C=O) groups is 1. The van der Waals surface area contributed by atoms with E-state index in [2.05, 4.69) is 25.3 Å². The summed E-state index contributed by atoms with van der Waals surface area (Å²) >= 11 is 0. The van der Waals surface area contributed by atoms with Gasteiger partial charge >= 0.3 is 5.97 Å². The topological polar surface area (TPSA) is 139 Å². The molecule has 0 radical (unpaired) electrons. The number of anilines is 2. The number of aromatic carboxylic acids is 1. The molecule has 1 aliphatic carbocycles. The van der Waals surface area contributed by atoms with Crippen LogP contribution in [-0.4, -0.2) is 45.7 Å². The number of aromatic nitrogens is 6. The van der Waals surface area contributed by atoms with E-state index in [0.717, 1.165) is 24.1 Å². The third kappa shape index (κ3) is 3.89. The van der Waals surface area contributed by atoms with Gasteiger partial charge in [0.1, 0.15) is 11.1 Å². The Morgan fingerprint density at radius 2 is 1.94 bits per heavy atom. The number of imidazole rings is 1. The Morgan fingerprint density at radius 3 is 2.58 bits per heavy atom. The van der Waals surface area contributed by atoms with Crippen LogP contribution in [-0.2, 0) is 12.6 Å². The molecule has 4 heterocycles. The number of aryl methyl sites for hydroxylation is 1. The first kappa shape index (κ1) is 21.0. The Kier molecular flexibility index (Phi) is 4.82. The average molecular weight is 445 g/mol. The van der Waals surface area contributed by atoms with Crippen LogP contribution in [0.3, 0.4) is 0 Å². The van der Waals surface area contributed by atoms with Gasteiger partial charge in [-0.1, -0.05) is 0 Å². The largest absolute Gasteiger partial charge is 0.476 e. The average Bonchev–Trinajstić information content (AvgIpc) is 3.55. The van der Waals surface area contributed by atoms with Crippen LogP contribution in [0.2, 0.25) is 0 Å². The van der Waals surface area contributed by atoms with E-state index >= 15 is 0 Å². The van der Waals surface area contributed by atoms with Crippen LogP contribution in [0.5, 0.6) is 0 Å². The van der Waals surface area contributed by atoms with Crippen molar-refractivity contribution in [2.75, 3.05) is 5.32 Å². The molecule has 1 saturated carbocycles. The van der Waals surface area contributed by atoms with Crippen molar-refractivity contribution in [2.24, 2.45) is 7.05 Å². The predicted molar refractivity (Wildman–Crippen MR) is 121 cm³/mol. The van der Waals surface area contributed by atoms with Crippen molar-refractivity contribution < 1.29 is 15.0 Å². The highest BCUT2D eigenvalue weighted by Crippen LogP contribution is 2.44. The lowest BCUT2D eigenvalue weighted by molar-refractivity contribution is 0.0690. The Bertz CT molecular complexity index is 1370. The van der Waals surface area contributed by atoms with E-state index in [-0.39, 0.29) is 17.4 Å². The minimum Gasteiger partial charge on any atom is -0.476 e. The molecular formula is C23H23N7O3. The normalized spacial score (nSPS) is 13.9. The van der Waals surface area contributed by atoms with Crippen LogP contribution >= 0.6 is 0 Å². The van der Waals surface area contributed by atoms with Gasteiger partial charge in [0.2, 0.25) is 0 Å². The van der Waals surface area contributed by atoms with Gasteiger partial charge in [-0.25, -0.2) is 19.7 Å². The van der Waals surface area contributed by atoms with Gasteiger partial charge < -0.3 is 20.1 Å². The van der Waals surface area contributed by atoms with E-state index in [1.54, 1.807) is 44.7 Å². The van der Waals surface area contributed by atoms with Crippen LogP contribution < -0.4 is 5.32 Å². The number of nitrogens with zero attached hydrogens (tertiary/aromatic N) is 6. The standard InChI is InChI=1S/C23H23N7O3/c1-23(2,33)16-7-6-13(8-25-16)27-21-20(22(31)32)28-19(17(29-21)12-4-5-12)14-9-24-10-15-18(14)26-11-30(15)3/h6-12,33H,4-5H2,1-3H3,(H,27,29)(H,31,32). The number of aliphatic hydroxyl groups is 1. The molecule has 0 saturated heterocycles. The molecule has 0 aliphatic heterocycles. The van der Waals surface area contributed by atoms with Crippen molar-refractivity contribution in [2.45, 2.75) is 38.2 Å². The lowest BCUT2D eigenvalue weighted by Crippen LogP contribution is -2.17. The SMILES string of the molecule is Cn1cnc2c(-c3nc(C(=O)O)c(Nc4ccc(C(C)(C)O)nc4)nc3C3CC3)cncc21. The maximum Gasteiger partial charge on any atom is 0.358 e. The molecule has 0 unspecified atom stereocenters. The van der Waals surface area contributed by atoms with E-state index in [0.29, 0.717) is 28.2 Å². The molecule has 0 aromatic carbocycles. The highest BCUT2D eigenvalue weighted by molar-refractivity contribution is 5.95. The summed E-state index contributed by atoms with van der Waals surface area (Å²) in [4.78, 5) is 34.4. The molecule has 3 N–H and O–H groups in total. The summed E-state index contributed by atoms with van der Waals surface area (Å²) in [5.41, 5.74) is 3.18. The van der Waals surface area contributed by atoms with E-state index in [1.165, 1.54) is 6.20 Å². The number of pyridine rings is 2. The van der Waals surface area contributed by atoms with Gasteiger partial charge in [0.25, 0.3) is 0 Å². The number of hydrogen-bond acceptors (Lipinski definition) is 8. The summed E-state index contributed by atoms with van der Waals surface area (Å²) in [6.07, 6.45) is 8.52. The summed E-state index contributed by atoms with van der Waals surface area (Å²) < 4.78 is 1.86. The van der Waals surface area contributed by atoms with Crippen molar-refractivity contribution in [1.29, 1.82) is 0 Å². The quantitative estimate of drug-likeness (QED) is 0.407. The third-order valence-electron chi connectivity index (χ3n) is 5.64. The second-order valence-electron chi connectivity index (χ2n) is 8.76. The highest BCUT2D eigenvalue weighted by atomic mass is 16.4. The van der Waals surface area contributed by atoms with E-state index in [9.17, 15) is 15.0 Å². The second kappa shape index (κ2) is 7.59. The first-order chi connectivity index (χ1) is 15.7. The Balaban J connectivity index is 1.62. The molecule has 33 heavy (non-hydrogen) atoms. The van der Waals surface area contributed by atoms with Crippen molar-refractivity contribution in [1.82, 2.24) is 29.5 Å². The number of nitrogens with one attached hydrogen (secondary N) is 1. The molecule has 5 rings (SSSR count). The van der Waals surface area contributed by atoms with Crippen molar-refractivity contribution in [3.8, 4) is 11.3 Å². The Morgan fingerprint density at radius 1 is 1.15 bits per heavy atom. The molecule has 0 atom stereocenters. The van der Waals surface area contributed by atoms with Crippen LogP contribution in [0.4, 0.5) is 11.5 Å². The van der Waals surface area contributed by atoms with Gasteiger partial charge in [0.15, 0.2) is 11.5 Å². The summed E-state index contributed by atoms with van der Waals surface area (Å²) in [5, 5.41) is 23.1. The van der Waals surface area contributed by atoms with Crippen molar-refractivity contribution in [3.05, 3.63) is 54.1 Å². The molecule has 4 aromatic rings. The van der Waals surface area contributed by atoms with Crippen molar-refractivity contribution in [3.63, 3.8) is 0 Å². The van der Waals surface area contributed by atoms with Crippen LogP contribution in [0.15, 0.2) is 37.1 Å². The number of fused-ring (bicyclic) bond motifs is 1. The third-order valence-corrected chi connectivity index (χ3v) is 5.64. The number of carboxylic acids is 1. The van der Waals surface area contributed by atoms with Crippen molar-refractivity contribution >= 4 is 28.5 Å². The first-order valence-corrected chi connectivity index (χ1v) is 10.6. The van der Waals surface area contributed by atoms with E-state index in [4.69, 9.17) is 4.98 Å². The summed E-state index contributed by atoms with van der Waals surface area (Å²) in [7, 11) is 1.88. The maximum atomic E-state index is 12.1. The lowest BCUT2D eigenvalue weighted by Gasteiger charge is -2.17. The van der Waals surface area contributed by atoms with Crippen LogP contribution in [0, 0.1) is 0 Å². The Labute approximate surface area is 189 Å². The smallest absolute Gasteiger partial charge is 0.358 e. The summed E-state index contributed by atoms with van der Waals surface area (Å²) in [5.74, 6) is -0.853. The Hall–Kier alpha value is -3.92. The predicted octanol–water partition coefficient (Wildman–Crippen LogP) is 3.37. The molecule has 0 amide bonds. The maximum absolute atomic E-state index is 12.1. The van der Waals surface area contributed by atoms with Gasteiger partial charge in [-0.05, 0) is 38.8 Å². The van der Waals surface area contributed by atoms with Gasteiger partial charge in [0, 0.05) is 24.7 Å². The molecule has 0 spiro atoms. The van der Waals surface area contributed by atoms with Crippen LogP contribution in [0.1, 0.15) is 54.5 Å². The van der Waals surface area contributed by atoms with E-state index in [1.807, 2.05) is 11.6 Å². The molecule has 4 aromatic heterocycles. The zero-order valence-electron chi connectivity index (χ0n) is 18.4. The number of rotatable bonds is 6. The number of carboxylic acid groups (broad SMARTS) is 1. The molecule has 10 heteroatoms. The van der Waals surface area contributed by atoms with Gasteiger partial charge in [-0.15, -0.1) is 0 Å². The molecular weight excluding hydrogens is 422 g/mol. The van der Waals surface area contributed by atoms with Gasteiger partial charge in [0.05, 0.1) is 47.0 Å². The summed E-state index contributed by atoms with van der Waals surface area (Å²) in [6.45, 7) is 3.29. The minimum atomic E-state index is -1.20. The first-order valence-electron chi connectivity index (χ1n) is 10.6. The van der Waals surface area contributed by atoms with Crippen LogP contribution in [0.25, 0.3) is 22.3 Å². The highest BCUT2D eigenvalue weighted by Gasteiger charge is 2.32. The lowest BCUT2D eigenvalue weighted by atomic mass is 10.1. The molecule has 168 valence electrons. The van der Waals surface area contributed by atoms with E-state index < -0.39 is 11.6 Å². The summed E-state index contributed by atoms with van der Waals surface area (Å²) in [6, 6.07) is 3.40. The zero-order chi connectivity index (χ0) is 23.3. The monoisotopic (exact) mass is 445 g/mol. The molecule has 10 nitrogen and oxygen atoms in total. The fraction of sp³-hybridized carbons (Fsp3) is 0.304. The minimum absolute atomic E-state index is 0.145. The molecule has 1 fully saturated rings. The van der Waals surface area contributed by atoms with Gasteiger partial charge in [-0.2, -0.15) is 0 Å². The zero-order valence-corrected chi connectivity index (χ0v) is 18.4. The fourth-order valence-electron chi connectivity index (χ4n) is 3.71. The number of hydrogen-bond donors (Lipinski definition) is 3. The molecule has 0 bridgehead atoms. The molecule has 1 aliphatic rings. The van der Waals surface area contributed by atoms with Gasteiger partial charge in [-0.3, -0.25) is 9.97 Å².